The second-order valence-corrected chi connectivity index (χ2v) is 5.14. The lowest BCUT2D eigenvalue weighted by Crippen LogP contribution is -2.15. The summed E-state index contributed by atoms with van der Waals surface area (Å²) in [5, 5.41) is 3.03. The molecule has 0 bridgehead atoms. The van der Waals surface area contributed by atoms with Gasteiger partial charge in [0.1, 0.15) is 0 Å². The third kappa shape index (κ3) is 3.78. The largest absolute Gasteiger partial charge is 0.493 e. The van der Waals surface area contributed by atoms with Gasteiger partial charge in [-0.15, -0.1) is 0 Å². The number of hydrogen-bond donors (Lipinski definition) is 1. The van der Waals surface area contributed by atoms with Gasteiger partial charge in [-0.1, -0.05) is 11.6 Å². The fourth-order valence-electron chi connectivity index (χ4n) is 2.08. The molecule has 0 radical (unpaired) electrons. The Morgan fingerprint density at radius 1 is 0.958 bits per heavy atom. The lowest BCUT2D eigenvalue weighted by atomic mass is 10.1. The second-order valence-electron chi connectivity index (χ2n) is 4.71. The number of halogens is 1. The van der Waals surface area contributed by atoms with Gasteiger partial charge in [0.05, 0.1) is 32.6 Å². The maximum atomic E-state index is 12.5. The third-order valence-electron chi connectivity index (χ3n) is 3.28. The summed E-state index contributed by atoms with van der Waals surface area (Å²) in [6, 6.07) is 9.24. The van der Waals surface area contributed by atoms with Crippen LogP contribution in [0.1, 0.15) is 20.7 Å². The highest BCUT2D eigenvalue weighted by atomic mass is 35.5. The van der Waals surface area contributed by atoms with Crippen LogP contribution in [-0.4, -0.2) is 33.2 Å². The first-order valence-electron chi connectivity index (χ1n) is 6.91. The van der Waals surface area contributed by atoms with Crippen molar-refractivity contribution in [1.82, 2.24) is 0 Å². The Labute approximate surface area is 144 Å². The standard InChI is InChI=1S/C17H16ClNO5/c1-22-14-7-4-10(8-15(14)23-2)16(20)19-13-9-11(18)5-6-12(13)17(21)24-3/h4-9H,1-3H3,(H,19,20). The summed E-state index contributed by atoms with van der Waals surface area (Å²) < 4.78 is 15.0. The van der Waals surface area contributed by atoms with E-state index < -0.39 is 11.9 Å². The van der Waals surface area contributed by atoms with E-state index in [2.05, 4.69) is 5.32 Å². The molecular weight excluding hydrogens is 334 g/mol. The minimum atomic E-state index is -0.575. The van der Waals surface area contributed by atoms with Crippen molar-refractivity contribution in [1.29, 1.82) is 0 Å². The van der Waals surface area contributed by atoms with Crippen LogP contribution in [0.3, 0.4) is 0 Å². The lowest BCUT2D eigenvalue weighted by Gasteiger charge is -2.12. The van der Waals surface area contributed by atoms with Crippen molar-refractivity contribution in [2.45, 2.75) is 0 Å². The van der Waals surface area contributed by atoms with E-state index in [0.29, 0.717) is 22.1 Å². The third-order valence-corrected chi connectivity index (χ3v) is 3.52. The molecule has 0 spiro atoms. The first-order valence-corrected chi connectivity index (χ1v) is 7.29. The van der Waals surface area contributed by atoms with Crippen LogP contribution in [0.15, 0.2) is 36.4 Å². The van der Waals surface area contributed by atoms with E-state index in [1.807, 2.05) is 0 Å². The predicted octanol–water partition coefficient (Wildman–Crippen LogP) is 3.40. The zero-order valence-electron chi connectivity index (χ0n) is 13.4. The number of nitrogens with one attached hydrogen (secondary N) is 1. The van der Waals surface area contributed by atoms with Crippen LogP contribution in [0.5, 0.6) is 11.5 Å². The van der Waals surface area contributed by atoms with Crippen molar-refractivity contribution in [3.05, 3.63) is 52.5 Å². The molecule has 0 saturated heterocycles. The first-order chi connectivity index (χ1) is 11.5. The van der Waals surface area contributed by atoms with Gasteiger partial charge in [-0.05, 0) is 36.4 Å². The van der Waals surface area contributed by atoms with Gasteiger partial charge in [0.25, 0.3) is 5.91 Å². The Balaban J connectivity index is 2.33. The topological polar surface area (TPSA) is 73.9 Å². The zero-order valence-corrected chi connectivity index (χ0v) is 14.1. The number of esters is 1. The van der Waals surface area contributed by atoms with E-state index in [1.165, 1.54) is 39.5 Å². The zero-order chi connectivity index (χ0) is 17.7. The van der Waals surface area contributed by atoms with E-state index in [4.69, 9.17) is 25.8 Å². The SMILES string of the molecule is COC(=O)c1ccc(Cl)cc1NC(=O)c1ccc(OC)c(OC)c1. The number of carbonyl (C=O) groups is 2. The number of methoxy groups -OCH3 is 3. The van der Waals surface area contributed by atoms with Crippen LogP contribution in [0.2, 0.25) is 5.02 Å². The highest BCUT2D eigenvalue weighted by molar-refractivity contribution is 6.31. The van der Waals surface area contributed by atoms with Crippen molar-refractivity contribution in [3.63, 3.8) is 0 Å². The summed E-state index contributed by atoms with van der Waals surface area (Å²) in [4.78, 5) is 24.2. The minimum Gasteiger partial charge on any atom is -0.493 e. The van der Waals surface area contributed by atoms with Crippen LogP contribution in [0.4, 0.5) is 5.69 Å². The van der Waals surface area contributed by atoms with Gasteiger partial charge in [-0.2, -0.15) is 0 Å². The van der Waals surface area contributed by atoms with Crippen LogP contribution >= 0.6 is 11.6 Å². The molecule has 2 rings (SSSR count). The normalized spacial score (nSPS) is 10.0. The van der Waals surface area contributed by atoms with Gasteiger partial charge in [0, 0.05) is 10.6 Å². The van der Waals surface area contributed by atoms with Gasteiger partial charge in [-0.3, -0.25) is 4.79 Å². The first kappa shape index (κ1) is 17.6. The average molecular weight is 350 g/mol. The number of benzene rings is 2. The van der Waals surface area contributed by atoms with E-state index in [0.717, 1.165) is 0 Å². The van der Waals surface area contributed by atoms with Gasteiger partial charge in [0.15, 0.2) is 11.5 Å². The van der Waals surface area contributed by atoms with Crippen LogP contribution < -0.4 is 14.8 Å². The summed E-state index contributed by atoms with van der Waals surface area (Å²) in [5.41, 5.74) is 0.799. The molecule has 0 aliphatic carbocycles. The number of amides is 1. The van der Waals surface area contributed by atoms with Gasteiger partial charge in [-0.25, -0.2) is 4.79 Å². The number of carbonyl (C=O) groups excluding carboxylic acids is 2. The molecule has 6 nitrogen and oxygen atoms in total. The highest BCUT2D eigenvalue weighted by Crippen LogP contribution is 2.28. The molecule has 0 unspecified atom stereocenters. The van der Waals surface area contributed by atoms with Crippen LogP contribution in [-0.2, 0) is 4.74 Å². The van der Waals surface area contributed by atoms with E-state index in [1.54, 1.807) is 18.2 Å². The maximum absolute atomic E-state index is 12.5. The van der Waals surface area contributed by atoms with Gasteiger partial charge < -0.3 is 19.5 Å². The quantitative estimate of drug-likeness (QED) is 0.837. The van der Waals surface area contributed by atoms with Gasteiger partial charge >= 0.3 is 5.97 Å². The smallest absolute Gasteiger partial charge is 0.339 e. The minimum absolute atomic E-state index is 0.204. The fraction of sp³-hybridized carbons (Fsp3) is 0.176. The molecule has 0 heterocycles. The van der Waals surface area contributed by atoms with Crippen molar-refractivity contribution in [3.8, 4) is 11.5 Å². The van der Waals surface area contributed by atoms with E-state index >= 15 is 0 Å². The summed E-state index contributed by atoms with van der Waals surface area (Å²) >= 11 is 5.94. The molecule has 0 aromatic heterocycles. The molecule has 0 aliphatic rings. The molecule has 126 valence electrons. The predicted molar refractivity (Wildman–Crippen MR) is 90.3 cm³/mol. The van der Waals surface area contributed by atoms with E-state index in [9.17, 15) is 9.59 Å². The molecule has 0 aliphatic heterocycles. The van der Waals surface area contributed by atoms with Crippen molar-refractivity contribution >= 4 is 29.2 Å². The van der Waals surface area contributed by atoms with E-state index in [-0.39, 0.29) is 11.3 Å². The van der Waals surface area contributed by atoms with Crippen LogP contribution in [0.25, 0.3) is 0 Å². The Morgan fingerprint density at radius 2 is 1.67 bits per heavy atom. The Kier molecular flexibility index (Phi) is 5.65. The Morgan fingerprint density at radius 3 is 2.29 bits per heavy atom. The Bertz CT molecular complexity index is 776. The summed E-state index contributed by atoms with van der Waals surface area (Å²) in [6.07, 6.45) is 0. The molecule has 0 saturated carbocycles. The molecule has 0 atom stereocenters. The number of ether oxygens (including phenoxy) is 3. The molecule has 7 heteroatoms. The molecular formula is C17H16ClNO5. The maximum Gasteiger partial charge on any atom is 0.339 e. The molecule has 0 fully saturated rings. The molecule has 2 aromatic carbocycles. The molecule has 1 N–H and O–H groups in total. The van der Waals surface area contributed by atoms with Gasteiger partial charge in [0.2, 0.25) is 0 Å². The number of hydrogen-bond acceptors (Lipinski definition) is 5. The summed E-state index contributed by atoms with van der Waals surface area (Å²) in [7, 11) is 4.24. The highest BCUT2D eigenvalue weighted by Gasteiger charge is 2.16. The molecule has 1 amide bonds. The summed E-state index contributed by atoms with van der Waals surface area (Å²) in [6.45, 7) is 0. The van der Waals surface area contributed by atoms with Crippen molar-refractivity contribution in [2.75, 3.05) is 26.6 Å². The second kappa shape index (κ2) is 7.70. The average Bonchev–Trinajstić information content (AvgIpc) is 2.60. The monoisotopic (exact) mass is 349 g/mol. The Hall–Kier alpha value is -2.73. The molecule has 24 heavy (non-hydrogen) atoms. The summed E-state index contributed by atoms with van der Waals surface area (Å²) in [5.74, 6) is -0.0749. The fourth-order valence-corrected chi connectivity index (χ4v) is 2.25. The lowest BCUT2D eigenvalue weighted by molar-refractivity contribution is 0.0602. The molecule has 2 aromatic rings. The number of rotatable bonds is 5. The van der Waals surface area contributed by atoms with Crippen molar-refractivity contribution in [2.24, 2.45) is 0 Å². The van der Waals surface area contributed by atoms with Crippen LogP contribution in [0, 0.1) is 0 Å². The number of anilines is 1. The van der Waals surface area contributed by atoms with Crippen molar-refractivity contribution < 1.29 is 23.8 Å².